The Morgan fingerprint density at radius 3 is 2.56 bits per heavy atom. The Labute approximate surface area is 168 Å². The van der Waals surface area contributed by atoms with E-state index in [9.17, 15) is 0 Å². The van der Waals surface area contributed by atoms with Crippen LogP contribution in [0.15, 0.2) is 47.7 Å². The van der Waals surface area contributed by atoms with Crippen LogP contribution in [0.2, 0.25) is 0 Å². The van der Waals surface area contributed by atoms with Crippen molar-refractivity contribution in [1.82, 2.24) is 20.4 Å². The molecule has 6 heteroatoms. The van der Waals surface area contributed by atoms with Gasteiger partial charge in [0.05, 0.1) is 11.9 Å². The Bertz CT molecular complexity index is 636. The summed E-state index contributed by atoms with van der Waals surface area (Å²) < 4.78 is 1.91. The maximum Gasteiger partial charge on any atom is 0.191 e. The molecule has 0 bridgehead atoms. The Morgan fingerprint density at radius 2 is 1.92 bits per heavy atom. The standard InChI is InChI=1S/C19H29N5.HI/c1-5-20-19(23-16(4)15(2)3)21-12-11-17-13-22-24(14-17)18-9-7-6-8-10-18;/h6-10,13-16H,5,11-12H2,1-4H3,(H2,20,21,23);1H. The summed E-state index contributed by atoms with van der Waals surface area (Å²) in [7, 11) is 0. The molecule has 25 heavy (non-hydrogen) atoms. The number of aromatic nitrogens is 2. The molecule has 5 nitrogen and oxygen atoms in total. The summed E-state index contributed by atoms with van der Waals surface area (Å²) in [5.41, 5.74) is 2.27. The fraction of sp³-hybridized carbons (Fsp3) is 0.474. The zero-order chi connectivity index (χ0) is 17.4. The molecule has 0 amide bonds. The van der Waals surface area contributed by atoms with Gasteiger partial charge in [-0.15, -0.1) is 24.0 Å². The van der Waals surface area contributed by atoms with Crippen molar-refractivity contribution in [3.05, 3.63) is 48.3 Å². The molecule has 0 radical (unpaired) electrons. The number of benzene rings is 1. The first kappa shape index (κ1) is 21.5. The van der Waals surface area contributed by atoms with Crippen LogP contribution >= 0.6 is 24.0 Å². The van der Waals surface area contributed by atoms with E-state index in [-0.39, 0.29) is 24.0 Å². The fourth-order valence-electron chi connectivity index (χ4n) is 2.21. The highest BCUT2D eigenvalue weighted by Gasteiger charge is 2.08. The second kappa shape index (κ2) is 11.1. The molecule has 1 aromatic carbocycles. The predicted octanol–water partition coefficient (Wildman–Crippen LogP) is 3.63. The number of nitrogens with zero attached hydrogens (tertiary/aromatic N) is 3. The van der Waals surface area contributed by atoms with Crippen molar-refractivity contribution < 1.29 is 0 Å². The second-order valence-electron chi connectivity index (χ2n) is 6.32. The molecular formula is C19H30IN5. The first-order valence-electron chi connectivity index (χ1n) is 8.74. The second-order valence-corrected chi connectivity index (χ2v) is 6.32. The van der Waals surface area contributed by atoms with Crippen LogP contribution in [0.25, 0.3) is 5.69 Å². The van der Waals surface area contributed by atoms with Gasteiger partial charge in [0.2, 0.25) is 0 Å². The van der Waals surface area contributed by atoms with Gasteiger partial charge in [0.25, 0.3) is 0 Å². The molecule has 0 aliphatic rings. The summed E-state index contributed by atoms with van der Waals surface area (Å²) in [6.45, 7) is 10.3. The summed E-state index contributed by atoms with van der Waals surface area (Å²) in [5.74, 6) is 1.45. The number of halogens is 1. The van der Waals surface area contributed by atoms with E-state index in [0.29, 0.717) is 12.0 Å². The lowest BCUT2D eigenvalue weighted by atomic mass is 10.1. The molecule has 1 heterocycles. The molecule has 2 N–H and O–H groups in total. The molecule has 0 aliphatic heterocycles. The van der Waals surface area contributed by atoms with E-state index in [1.807, 2.05) is 29.1 Å². The fourth-order valence-corrected chi connectivity index (χ4v) is 2.21. The van der Waals surface area contributed by atoms with Gasteiger partial charge >= 0.3 is 0 Å². The third kappa shape index (κ3) is 7.05. The van der Waals surface area contributed by atoms with Crippen LogP contribution in [-0.4, -0.2) is 34.9 Å². The maximum atomic E-state index is 4.67. The topological polar surface area (TPSA) is 54.2 Å². The third-order valence-electron chi connectivity index (χ3n) is 4.04. The van der Waals surface area contributed by atoms with Crippen LogP contribution in [0.5, 0.6) is 0 Å². The molecule has 2 rings (SSSR count). The number of para-hydroxylation sites is 1. The van der Waals surface area contributed by atoms with Gasteiger partial charge in [-0.2, -0.15) is 5.10 Å². The molecule has 0 fully saturated rings. The van der Waals surface area contributed by atoms with Crippen LogP contribution in [-0.2, 0) is 6.42 Å². The number of nitrogens with one attached hydrogen (secondary N) is 2. The van der Waals surface area contributed by atoms with Crippen molar-refractivity contribution >= 4 is 29.9 Å². The van der Waals surface area contributed by atoms with Gasteiger partial charge in [-0.05, 0) is 43.9 Å². The van der Waals surface area contributed by atoms with Crippen LogP contribution in [0.4, 0.5) is 0 Å². The maximum absolute atomic E-state index is 4.67. The highest BCUT2D eigenvalue weighted by molar-refractivity contribution is 14.0. The van der Waals surface area contributed by atoms with Crippen LogP contribution in [0.1, 0.15) is 33.3 Å². The molecule has 0 spiro atoms. The zero-order valence-corrected chi connectivity index (χ0v) is 17.9. The van der Waals surface area contributed by atoms with Crippen LogP contribution < -0.4 is 10.6 Å². The van der Waals surface area contributed by atoms with Crippen LogP contribution in [0, 0.1) is 5.92 Å². The Hall–Kier alpha value is -1.57. The Balaban J connectivity index is 0.00000312. The monoisotopic (exact) mass is 455 g/mol. The van der Waals surface area contributed by atoms with Gasteiger partial charge in [-0.3, -0.25) is 4.99 Å². The minimum atomic E-state index is 0. The molecule has 0 saturated heterocycles. The van der Waals surface area contributed by atoms with Crippen molar-refractivity contribution in [2.24, 2.45) is 10.9 Å². The van der Waals surface area contributed by atoms with Crippen molar-refractivity contribution in [3.8, 4) is 5.69 Å². The van der Waals surface area contributed by atoms with E-state index in [4.69, 9.17) is 0 Å². The Morgan fingerprint density at radius 1 is 1.20 bits per heavy atom. The quantitative estimate of drug-likeness (QED) is 0.381. The molecule has 1 aromatic heterocycles. The molecule has 138 valence electrons. The summed E-state index contributed by atoms with van der Waals surface area (Å²) in [4.78, 5) is 4.67. The van der Waals surface area contributed by atoms with E-state index in [2.05, 4.69) is 66.7 Å². The summed E-state index contributed by atoms with van der Waals surface area (Å²) in [5, 5.41) is 11.2. The van der Waals surface area contributed by atoms with E-state index >= 15 is 0 Å². The highest BCUT2D eigenvalue weighted by atomic mass is 127. The van der Waals surface area contributed by atoms with E-state index in [1.165, 1.54) is 5.56 Å². The molecule has 1 atom stereocenters. The van der Waals surface area contributed by atoms with Gasteiger partial charge in [0.15, 0.2) is 5.96 Å². The normalized spacial score (nSPS) is 12.6. The molecule has 2 aromatic rings. The molecule has 0 aliphatic carbocycles. The van der Waals surface area contributed by atoms with Gasteiger partial charge < -0.3 is 10.6 Å². The summed E-state index contributed by atoms with van der Waals surface area (Å²) in [6, 6.07) is 10.5. The molecular weight excluding hydrogens is 425 g/mol. The zero-order valence-electron chi connectivity index (χ0n) is 15.6. The molecule has 1 unspecified atom stereocenters. The average molecular weight is 455 g/mol. The Kier molecular flexibility index (Phi) is 9.55. The number of rotatable bonds is 7. The SMILES string of the molecule is CCNC(=NCCc1cnn(-c2ccccc2)c1)NC(C)C(C)C.I. The van der Waals surface area contributed by atoms with Gasteiger partial charge in [-0.25, -0.2) is 4.68 Å². The van der Waals surface area contributed by atoms with Crippen molar-refractivity contribution in [3.63, 3.8) is 0 Å². The van der Waals surface area contributed by atoms with Crippen molar-refractivity contribution in [1.29, 1.82) is 0 Å². The number of aliphatic imine (C=N–C) groups is 1. The molecule has 0 saturated carbocycles. The van der Waals surface area contributed by atoms with Crippen molar-refractivity contribution in [2.45, 2.75) is 40.2 Å². The van der Waals surface area contributed by atoms with E-state index in [1.54, 1.807) is 0 Å². The van der Waals surface area contributed by atoms with Gasteiger partial charge in [0.1, 0.15) is 0 Å². The average Bonchev–Trinajstić information content (AvgIpc) is 3.04. The first-order valence-corrected chi connectivity index (χ1v) is 8.74. The number of hydrogen-bond acceptors (Lipinski definition) is 2. The van der Waals surface area contributed by atoms with Crippen LogP contribution in [0.3, 0.4) is 0 Å². The minimum absolute atomic E-state index is 0. The number of guanidine groups is 1. The predicted molar refractivity (Wildman–Crippen MR) is 116 cm³/mol. The lowest BCUT2D eigenvalue weighted by molar-refractivity contribution is 0.481. The summed E-state index contributed by atoms with van der Waals surface area (Å²) >= 11 is 0. The number of hydrogen-bond donors (Lipinski definition) is 2. The van der Waals surface area contributed by atoms with E-state index < -0.39 is 0 Å². The smallest absolute Gasteiger partial charge is 0.191 e. The minimum Gasteiger partial charge on any atom is -0.357 e. The largest absolute Gasteiger partial charge is 0.357 e. The third-order valence-corrected chi connectivity index (χ3v) is 4.04. The van der Waals surface area contributed by atoms with Crippen molar-refractivity contribution in [2.75, 3.05) is 13.1 Å². The van der Waals surface area contributed by atoms with E-state index in [0.717, 1.165) is 31.2 Å². The van der Waals surface area contributed by atoms with Gasteiger partial charge in [0, 0.05) is 25.3 Å². The first-order chi connectivity index (χ1) is 11.6. The summed E-state index contributed by atoms with van der Waals surface area (Å²) in [6.07, 6.45) is 4.86. The highest BCUT2D eigenvalue weighted by Crippen LogP contribution is 2.08. The lowest BCUT2D eigenvalue weighted by Gasteiger charge is -2.20. The lowest BCUT2D eigenvalue weighted by Crippen LogP contribution is -2.44. The van der Waals surface area contributed by atoms with Gasteiger partial charge in [-0.1, -0.05) is 32.0 Å².